The van der Waals surface area contributed by atoms with Crippen LogP contribution in [0.25, 0.3) is 16.8 Å². The number of nitrogens with zero attached hydrogens (tertiary/aromatic N) is 8. The van der Waals surface area contributed by atoms with Gasteiger partial charge in [0.1, 0.15) is 5.69 Å². The first kappa shape index (κ1) is 24.3. The van der Waals surface area contributed by atoms with Crippen molar-refractivity contribution in [1.29, 1.82) is 0 Å². The summed E-state index contributed by atoms with van der Waals surface area (Å²) in [5.74, 6) is 0.538. The minimum absolute atomic E-state index is 0.310. The van der Waals surface area contributed by atoms with Crippen LogP contribution < -0.4 is 5.32 Å². The van der Waals surface area contributed by atoms with Crippen molar-refractivity contribution < 1.29 is 4.74 Å². The predicted molar refractivity (Wildman–Crippen MR) is 142 cm³/mol. The van der Waals surface area contributed by atoms with Crippen LogP contribution >= 0.6 is 0 Å². The Labute approximate surface area is 212 Å². The number of allylic oxidation sites excluding steroid dienone is 1. The van der Waals surface area contributed by atoms with Crippen molar-refractivity contribution >= 4 is 23.4 Å². The lowest BCUT2D eigenvalue weighted by Gasteiger charge is -2.31. The molecule has 36 heavy (non-hydrogen) atoms. The van der Waals surface area contributed by atoms with E-state index in [0.29, 0.717) is 18.0 Å². The summed E-state index contributed by atoms with van der Waals surface area (Å²) in [6.45, 7) is 8.89. The van der Waals surface area contributed by atoms with Gasteiger partial charge < -0.3 is 15.0 Å². The molecule has 1 saturated heterocycles. The molecule has 3 aromatic heterocycles. The van der Waals surface area contributed by atoms with Crippen LogP contribution in [0.15, 0.2) is 41.9 Å². The predicted octanol–water partition coefficient (Wildman–Crippen LogP) is 3.83. The number of aromatic nitrogens is 6. The molecule has 1 atom stereocenters. The second-order valence-electron chi connectivity index (χ2n) is 9.43. The fourth-order valence-electron chi connectivity index (χ4n) is 4.69. The number of aryl methyl sites for hydroxylation is 1. The molecule has 0 radical (unpaired) electrons. The summed E-state index contributed by atoms with van der Waals surface area (Å²) in [6, 6.07) is 2.64. The van der Waals surface area contributed by atoms with Gasteiger partial charge in [-0.25, -0.2) is 9.97 Å². The Morgan fingerprint density at radius 1 is 1.19 bits per heavy atom. The first-order valence-corrected chi connectivity index (χ1v) is 12.8. The second kappa shape index (κ2) is 11.1. The standard InChI is InChI=1S/C26H35N9O/c1-4-34-18-23(25(32-34)20-6-5-19(2)28-15-20)24-7-10-27-26(31-24)30-21-16-29-35(17-21)22-8-11-33(12-9-22)13-14-36-3/h6-7,10,15-19,22H,4-5,8-9,11-14H2,1-3H3,(H,27,30,31). The summed E-state index contributed by atoms with van der Waals surface area (Å²) in [7, 11) is 1.75. The van der Waals surface area contributed by atoms with Gasteiger partial charge in [0.15, 0.2) is 0 Å². The van der Waals surface area contributed by atoms with Gasteiger partial charge in [-0.05, 0) is 39.2 Å². The Morgan fingerprint density at radius 2 is 2.06 bits per heavy atom. The average Bonchev–Trinajstić information content (AvgIpc) is 3.56. The number of anilines is 2. The number of ether oxygens (including phenoxy) is 1. The van der Waals surface area contributed by atoms with Crippen LogP contribution in [0.1, 0.15) is 44.8 Å². The number of piperidine rings is 1. The van der Waals surface area contributed by atoms with Crippen LogP contribution in [0.3, 0.4) is 0 Å². The number of nitrogens with one attached hydrogen (secondary N) is 1. The number of hydrogen-bond acceptors (Lipinski definition) is 8. The van der Waals surface area contributed by atoms with Crippen LogP contribution in [-0.2, 0) is 11.3 Å². The van der Waals surface area contributed by atoms with E-state index in [2.05, 4.69) is 56.1 Å². The maximum Gasteiger partial charge on any atom is 0.227 e. The zero-order valence-electron chi connectivity index (χ0n) is 21.3. The van der Waals surface area contributed by atoms with Gasteiger partial charge in [0.2, 0.25) is 5.95 Å². The topological polar surface area (TPSA) is 98.3 Å². The Bertz CT molecular complexity index is 1220. The van der Waals surface area contributed by atoms with E-state index in [0.717, 1.165) is 80.3 Å². The summed E-state index contributed by atoms with van der Waals surface area (Å²) in [6.07, 6.45) is 14.9. The molecule has 5 heterocycles. The fourth-order valence-corrected chi connectivity index (χ4v) is 4.69. The summed E-state index contributed by atoms with van der Waals surface area (Å²) >= 11 is 0. The molecule has 10 nitrogen and oxygen atoms in total. The van der Waals surface area contributed by atoms with Gasteiger partial charge in [0.05, 0.1) is 36.3 Å². The van der Waals surface area contributed by atoms with Gasteiger partial charge in [-0.15, -0.1) is 0 Å². The molecule has 1 unspecified atom stereocenters. The van der Waals surface area contributed by atoms with E-state index in [1.807, 2.05) is 29.4 Å². The van der Waals surface area contributed by atoms with E-state index in [-0.39, 0.29) is 0 Å². The average molecular weight is 490 g/mol. The monoisotopic (exact) mass is 489 g/mol. The highest BCUT2D eigenvalue weighted by Crippen LogP contribution is 2.29. The van der Waals surface area contributed by atoms with Gasteiger partial charge in [0.25, 0.3) is 0 Å². The second-order valence-corrected chi connectivity index (χ2v) is 9.43. The van der Waals surface area contributed by atoms with Crippen molar-refractivity contribution in [1.82, 2.24) is 34.4 Å². The number of dihydropyridines is 1. The van der Waals surface area contributed by atoms with Crippen molar-refractivity contribution in [3.05, 3.63) is 42.6 Å². The largest absolute Gasteiger partial charge is 0.383 e. The van der Waals surface area contributed by atoms with Crippen molar-refractivity contribution in [3.8, 4) is 11.3 Å². The summed E-state index contributed by atoms with van der Waals surface area (Å²) in [5, 5.41) is 12.8. The SMILES string of the molecule is CCn1cc(-c2ccnc(Nc3cnn(C4CCN(CCOC)CC4)c3)n2)c(C2=CCC(C)N=C2)n1. The minimum Gasteiger partial charge on any atom is -0.383 e. The Kier molecular flexibility index (Phi) is 7.52. The van der Waals surface area contributed by atoms with Gasteiger partial charge in [-0.2, -0.15) is 10.2 Å². The Balaban J connectivity index is 1.29. The third kappa shape index (κ3) is 5.55. The maximum atomic E-state index is 5.21. The number of hydrogen-bond donors (Lipinski definition) is 1. The summed E-state index contributed by atoms with van der Waals surface area (Å²) < 4.78 is 9.22. The minimum atomic E-state index is 0.310. The van der Waals surface area contributed by atoms with Gasteiger partial charge in [-0.1, -0.05) is 6.08 Å². The highest BCUT2D eigenvalue weighted by Gasteiger charge is 2.21. The van der Waals surface area contributed by atoms with E-state index >= 15 is 0 Å². The van der Waals surface area contributed by atoms with Crippen molar-refractivity contribution in [2.75, 3.05) is 38.7 Å². The highest BCUT2D eigenvalue weighted by atomic mass is 16.5. The third-order valence-corrected chi connectivity index (χ3v) is 6.84. The molecular formula is C26H35N9O. The van der Waals surface area contributed by atoms with E-state index in [4.69, 9.17) is 14.8 Å². The lowest BCUT2D eigenvalue weighted by Crippen LogP contribution is -2.36. The molecule has 0 amide bonds. The molecule has 0 spiro atoms. The summed E-state index contributed by atoms with van der Waals surface area (Å²) in [4.78, 5) is 16.3. The molecule has 2 aliphatic rings. The van der Waals surface area contributed by atoms with Crippen LogP contribution in [0.2, 0.25) is 0 Å². The molecular weight excluding hydrogens is 454 g/mol. The quantitative estimate of drug-likeness (QED) is 0.488. The molecule has 3 aromatic rings. The number of likely N-dealkylation sites (tertiary alicyclic amines) is 1. The number of methoxy groups -OCH3 is 1. The molecule has 10 heteroatoms. The van der Waals surface area contributed by atoms with E-state index < -0.39 is 0 Å². The Morgan fingerprint density at radius 3 is 2.81 bits per heavy atom. The van der Waals surface area contributed by atoms with Crippen molar-refractivity contribution in [2.45, 2.75) is 51.7 Å². The fraction of sp³-hybridized carbons (Fsp3) is 0.500. The molecule has 5 rings (SSSR count). The molecule has 1 fully saturated rings. The molecule has 190 valence electrons. The number of aliphatic imine (C=N–C) groups is 1. The normalized spacial score (nSPS) is 19.0. The van der Waals surface area contributed by atoms with E-state index in [1.165, 1.54) is 0 Å². The van der Waals surface area contributed by atoms with Gasteiger partial charge >= 0.3 is 0 Å². The van der Waals surface area contributed by atoms with Crippen LogP contribution in [0.5, 0.6) is 0 Å². The van der Waals surface area contributed by atoms with Crippen molar-refractivity contribution in [2.24, 2.45) is 4.99 Å². The van der Waals surface area contributed by atoms with Crippen LogP contribution in [-0.4, -0.2) is 80.0 Å². The molecule has 1 N–H and O–H groups in total. The highest BCUT2D eigenvalue weighted by molar-refractivity contribution is 6.11. The van der Waals surface area contributed by atoms with Crippen LogP contribution in [0.4, 0.5) is 11.6 Å². The van der Waals surface area contributed by atoms with Gasteiger partial charge in [0, 0.05) is 69.2 Å². The molecule has 0 bridgehead atoms. The first-order valence-electron chi connectivity index (χ1n) is 12.8. The lowest BCUT2D eigenvalue weighted by molar-refractivity contribution is 0.119. The third-order valence-electron chi connectivity index (χ3n) is 6.84. The van der Waals surface area contributed by atoms with Crippen LogP contribution in [0, 0.1) is 0 Å². The first-order chi connectivity index (χ1) is 17.6. The maximum absolute atomic E-state index is 5.21. The van der Waals surface area contributed by atoms with Gasteiger partial charge in [-0.3, -0.25) is 14.4 Å². The summed E-state index contributed by atoms with van der Waals surface area (Å²) in [5.41, 5.74) is 4.63. The molecule has 0 aromatic carbocycles. The zero-order chi connectivity index (χ0) is 24.9. The number of rotatable bonds is 9. The molecule has 2 aliphatic heterocycles. The Hall–Kier alpha value is -3.37. The molecule has 0 aliphatic carbocycles. The lowest BCUT2D eigenvalue weighted by atomic mass is 10.0. The zero-order valence-corrected chi connectivity index (χ0v) is 21.3. The molecule has 0 saturated carbocycles. The van der Waals surface area contributed by atoms with E-state index in [9.17, 15) is 0 Å². The van der Waals surface area contributed by atoms with Crippen molar-refractivity contribution in [3.63, 3.8) is 0 Å². The van der Waals surface area contributed by atoms with E-state index in [1.54, 1.807) is 13.3 Å². The smallest absolute Gasteiger partial charge is 0.227 e.